The first kappa shape index (κ1) is 14.5. The lowest BCUT2D eigenvalue weighted by Gasteiger charge is -2.24. The molecule has 106 valence electrons. The van der Waals surface area contributed by atoms with Crippen molar-refractivity contribution in [3.63, 3.8) is 0 Å². The quantitative estimate of drug-likeness (QED) is 0.840. The summed E-state index contributed by atoms with van der Waals surface area (Å²) in [5, 5.41) is 0. The predicted octanol–water partition coefficient (Wildman–Crippen LogP) is 2.15. The van der Waals surface area contributed by atoms with Crippen molar-refractivity contribution >= 4 is 5.91 Å². The molecule has 0 saturated carbocycles. The highest BCUT2D eigenvalue weighted by molar-refractivity contribution is 5.95. The Kier molecular flexibility index (Phi) is 4.75. The molecular weight excluding hydrogens is 255 g/mol. The second-order valence-electron chi connectivity index (χ2n) is 4.90. The van der Waals surface area contributed by atoms with E-state index in [2.05, 4.69) is 18.8 Å². The van der Waals surface area contributed by atoms with Crippen LogP contribution in [0, 0.1) is 17.7 Å². The molecule has 20 heavy (non-hydrogen) atoms. The van der Waals surface area contributed by atoms with Crippen LogP contribution in [0.25, 0.3) is 0 Å². The van der Waals surface area contributed by atoms with E-state index in [1.54, 1.807) is 11.0 Å². The molecule has 1 amide bonds. The number of amides is 1. The molecule has 1 aromatic rings. The third kappa shape index (κ3) is 3.00. The molecule has 1 aliphatic heterocycles. The Bertz CT molecular complexity index is 559. The first-order valence-corrected chi connectivity index (χ1v) is 6.96. The Morgan fingerprint density at radius 1 is 1.55 bits per heavy atom. The summed E-state index contributed by atoms with van der Waals surface area (Å²) in [7, 11) is 0. The molecule has 0 aliphatic carbocycles. The number of likely N-dealkylation sites (tertiary alicyclic amines) is 1. The van der Waals surface area contributed by atoms with Gasteiger partial charge in [0.25, 0.3) is 5.91 Å². The molecule has 2 N–H and O–H groups in total. The van der Waals surface area contributed by atoms with Gasteiger partial charge in [-0.05, 0) is 37.5 Å². The third-order valence-electron chi connectivity index (χ3n) is 3.64. The van der Waals surface area contributed by atoms with Crippen molar-refractivity contribution < 1.29 is 9.18 Å². The van der Waals surface area contributed by atoms with E-state index >= 15 is 0 Å². The minimum atomic E-state index is -0.491. The number of hydrogen-bond acceptors (Lipinski definition) is 2. The Balaban J connectivity index is 2.29. The van der Waals surface area contributed by atoms with E-state index in [4.69, 9.17) is 5.73 Å². The molecule has 0 bridgehead atoms. The van der Waals surface area contributed by atoms with Gasteiger partial charge in [0, 0.05) is 18.2 Å². The van der Waals surface area contributed by atoms with Crippen molar-refractivity contribution in [1.82, 2.24) is 4.90 Å². The average molecular weight is 274 g/mol. The van der Waals surface area contributed by atoms with E-state index in [0.29, 0.717) is 12.1 Å². The normalized spacial score (nSPS) is 17.8. The van der Waals surface area contributed by atoms with Gasteiger partial charge >= 0.3 is 0 Å². The number of benzene rings is 1. The van der Waals surface area contributed by atoms with Crippen LogP contribution in [0.2, 0.25) is 0 Å². The van der Waals surface area contributed by atoms with Gasteiger partial charge in [-0.15, -0.1) is 0 Å². The van der Waals surface area contributed by atoms with Gasteiger partial charge in [0.05, 0.1) is 12.1 Å². The second kappa shape index (κ2) is 6.53. The number of carbonyl (C=O) groups is 1. The lowest BCUT2D eigenvalue weighted by molar-refractivity contribution is 0.0729. The Labute approximate surface area is 119 Å². The van der Waals surface area contributed by atoms with E-state index in [1.807, 2.05) is 0 Å². The Morgan fingerprint density at radius 2 is 2.35 bits per heavy atom. The zero-order valence-corrected chi connectivity index (χ0v) is 11.7. The molecule has 2 rings (SSSR count). The highest BCUT2D eigenvalue weighted by Crippen LogP contribution is 2.23. The van der Waals surface area contributed by atoms with Gasteiger partial charge in [0.1, 0.15) is 5.82 Å². The largest absolute Gasteiger partial charge is 0.336 e. The summed E-state index contributed by atoms with van der Waals surface area (Å²) >= 11 is 0. The SMILES string of the molecule is CCC1CCCN1C(=O)c1cc(C#CCN)ccc1F. The standard InChI is InChI=1S/C16H19FN2O/c1-2-13-6-4-10-19(13)16(20)14-11-12(5-3-9-18)7-8-15(14)17/h7-8,11,13H,2,4,6,9-10,18H2,1H3. The second-order valence-corrected chi connectivity index (χ2v) is 4.90. The van der Waals surface area contributed by atoms with E-state index < -0.39 is 5.82 Å². The molecule has 0 radical (unpaired) electrons. The van der Waals surface area contributed by atoms with Crippen LogP contribution in [0.4, 0.5) is 4.39 Å². The number of nitrogens with zero attached hydrogens (tertiary/aromatic N) is 1. The van der Waals surface area contributed by atoms with Crippen LogP contribution in [-0.4, -0.2) is 29.9 Å². The fourth-order valence-corrected chi connectivity index (χ4v) is 2.60. The van der Waals surface area contributed by atoms with Crippen molar-refractivity contribution in [2.24, 2.45) is 5.73 Å². The van der Waals surface area contributed by atoms with E-state index in [-0.39, 0.29) is 24.1 Å². The van der Waals surface area contributed by atoms with Crippen LogP contribution in [-0.2, 0) is 0 Å². The molecule has 0 spiro atoms. The van der Waals surface area contributed by atoms with E-state index in [9.17, 15) is 9.18 Å². The molecule has 1 atom stereocenters. The van der Waals surface area contributed by atoms with E-state index in [0.717, 1.165) is 19.3 Å². The molecule has 0 aromatic heterocycles. The summed E-state index contributed by atoms with van der Waals surface area (Å²) in [6.45, 7) is 3.00. The van der Waals surface area contributed by atoms with Crippen molar-refractivity contribution in [2.75, 3.05) is 13.1 Å². The van der Waals surface area contributed by atoms with Gasteiger partial charge in [0.2, 0.25) is 0 Å². The maximum atomic E-state index is 13.9. The fraction of sp³-hybridized carbons (Fsp3) is 0.438. The van der Waals surface area contributed by atoms with Crippen LogP contribution in [0.5, 0.6) is 0 Å². The monoisotopic (exact) mass is 274 g/mol. The average Bonchev–Trinajstić information content (AvgIpc) is 2.94. The highest BCUT2D eigenvalue weighted by atomic mass is 19.1. The number of rotatable bonds is 2. The molecular formula is C16H19FN2O. The van der Waals surface area contributed by atoms with Crippen LogP contribution >= 0.6 is 0 Å². The van der Waals surface area contributed by atoms with Gasteiger partial charge in [-0.2, -0.15) is 0 Å². The predicted molar refractivity (Wildman–Crippen MR) is 76.7 cm³/mol. The van der Waals surface area contributed by atoms with Crippen molar-refractivity contribution in [1.29, 1.82) is 0 Å². The van der Waals surface area contributed by atoms with Crippen LogP contribution < -0.4 is 5.73 Å². The maximum Gasteiger partial charge on any atom is 0.257 e. The van der Waals surface area contributed by atoms with Crippen molar-refractivity contribution in [3.05, 3.63) is 35.1 Å². The Hall–Kier alpha value is -1.86. The van der Waals surface area contributed by atoms with Crippen molar-refractivity contribution in [3.8, 4) is 11.8 Å². The molecule has 1 saturated heterocycles. The van der Waals surface area contributed by atoms with Gasteiger partial charge in [-0.3, -0.25) is 4.79 Å². The molecule has 3 nitrogen and oxygen atoms in total. The molecule has 4 heteroatoms. The summed E-state index contributed by atoms with van der Waals surface area (Å²) in [5.41, 5.74) is 6.04. The van der Waals surface area contributed by atoms with Gasteiger partial charge in [-0.25, -0.2) is 4.39 Å². The smallest absolute Gasteiger partial charge is 0.257 e. The lowest BCUT2D eigenvalue weighted by atomic mass is 10.1. The minimum absolute atomic E-state index is 0.106. The molecule has 1 fully saturated rings. The summed E-state index contributed by atoms with van der Waals surface area (Å²) in [4.78, 5) is 14.3. The summed E-state index contributed by atoms with van der Waals surface area (Å²) in [6.07, 6.45) is 2.88. The zero-order chi connectivity index (χ0) is 14.5. The van der Waals surface area contributed by atoms with E-state index in [1.165, 1.54) is 12.1 Å². The van der Waals surface area contributed by atoms with Crippen LogP contribution in [0.1, 0.15) is 42.1 Å². The first-order valence-electron chi connectivity index (χ1n) is 6.96. The minimum Gasteiger partial charge on any atom is -0.336 e. The highest BCUT2D eigenvalue weighted by Gasteiger charge is 2.29. The number of carbonyl (C=O) groups excluding carboxylic acids is 1. The van der Waals surface area contributed by atoms with Gasteiger partial charge < -0.3 is 10.6 Å². The number of hydrogen-bond donors (Lipinski definition) is 1. The first-order chi connectivity index (χ1) is 9.67. The molecule has 1 unspecified atom stereocenters. The Morgan fingerprint density at radius 3 is 3.05 bits per heavy atom. The van der Waals surface area contributed by atoms with Crippen LogP contribution in [0.3, 0.4) is 0 Å². The maximum absolute atomic E-state index is 13.9. The molecule has 1 heterocycles. The summed E-state index contributed by atoms with van der Waals surface area (Å²) in [6, 6.07) is 4.60. The molecule has 1 aromatic carbocycles. The third-order valence-corrected chi connectivity index (χ3v) is 3.64. The summed E-state index contributed by atoms with van der Waals surface area (Å²) < 4.78 is 13.9. The number of halogens is 1. The van der Waals surface area contributed by atoms with Crippen LogP contribution in [0.15, 0.2) is 18.2 Å². The van der Waals surface area contributed by atoms with Gasteiger partial charge in [0.15, 0.2) is 0 Å². The lowest BCUT2D eigenvalue weighted by Crippen LogP contribution is -2.35. The van der Waals surface area contributed by atoms with Gasteiger partial charge in [-0.1, -0.05) is 18.8 Å². The summed E-state index contributed by atoms with van der Waals surface area (Å²) in [5.74, 6) is 4.82. The number of nitrogens with two attached hydrogens (primary N) is 1. The molecule has 1 aliphatic rings. The fourth-order valence-electron chi connectivity index (χ4n) is 2.60. The zero-order valence-electron chi connectivity index (χ0n) is 11.7. The van der Waals surface area contributed by atoms with Crippen molar-refractivity contribution in [2.45, 2.75) is 32.2 Å². The topological polar surface area (TPSA) is 46.3 Å².